The summed E-state index contributed by atoms with van der Waals surface area (Å²) in [5, 5.41) is 27.0. The number of nitro groups is 1. The standard InChI is InChI=1S/C14H13N3O6/c18-11-4-3-10(17(21)22)6-9(11)7-15-13(19)8-16-14(20)12-2-1-5-23-12/h1-6,18H,7-8H2,(H,15,19)(H,16,20)/p-1. The van der Waals surface area contributed by atoms with E-state index < -0.39 is 22.5 Å². The highest BCUT2D eigenvalue weighted by atomic mass is 16.6. The molecule has 1 heterocycles. The third-order valence-electron chi connectivity index (χ3n) is 2.89. The van der Waals surface area contributed by atoms with Gasteiger partial charge in [-0.3, -0.25) is 19.7 Å². The highest BCUT2D eigenvalue weighted by Gasteiger charge is 2.11. The molecule has 0 unspecified atom stereocenters. The Morgan fingerprint density at radius 1 is 1.22 bits per heavy atom. The van der Waals surface area contributed by atoms with E-state index in [2.05, 4.69) is 10.6 Å². The van der Waals surface area contributed by atoms with Crippen LogP contribution in [0.4, 0.5) is 5.69 Å². The third kappa shape index (κ3) is 4.30. The summed E-state index contributed by atoms with van der Waals surface area (Å²) in [6.07, 6.45) is 1.33. The van der Waals surface area contributed by atoms with Gasteiger partial charge >= 0.3 is 0 Å². The fourth-order valence-electron chi connectivity index (χ4n) is 1.73. The van der Waals surface area contributed by atoms with Crippen molar-refractivity contribution in [3.63, 3.8) is 0 Å². The molecular weight excluding hydrogens is 306 g/mol. The Morgan fingerprint density at radius 2 is 2.00 bits per heavy atom. The summed E-state index contributed by atoms with van der Waals surface area (Å²) in [5.41, 5.74) is -0.148. The molecule has 2 aromatic rings. The predicted octanol–water partition coefficient (Wildman–Crippen LogP) is 0.308. The summed E-state index contributed by atoms with van der Waals surface area (Å²) in [5.74, 6) is -1.45. The van der Waals surface area contributed by atoms with Gasteiger partial charge in [0.15, 0.2) is 5.76 Å². The molecule has 2 amide bonds. The van der Waals surface area contributed by atoms with E-state index in [-0.39, 0.29) is 30.1 Å². The number of amides is 2. The molecule has 0 saturated carbocycles. The van der Waals surface area contributed by atoms with E-state index in [1.807, 2.05) is 0 Å². The number of furan rings is 1. The van der Waals surface area contributed by atoms with Crippen LogP contribution in [0.1, 0.15) is 16.1 Å². The second kappa shape index (κ2) is 7.07. The first kappa shape index (κ1) is 16.0. The molecule has 0 bridgehead atoms. The minimum absolute atomic E-state index is 0.0679. The lowest BCUT2D eigenvalue weighted by Gasteiger charge is -2.13. The summed E-state index contributed by atoms with van der Waals surface area (Å²) in [6, 6.07) is 6.24. The number of rotatable bonds is 6. The molecule has 0 atom stereocenters. The van der Waals surface area contributed by atoms with Crippen molar-refractivity contribution in [3.05, 3.63) is 58.0 Å². The SMILES string of the molecule is O=C(CNC(=O)c1ccco1)NCc1cc([N+](=O)[O-])ccc1[O-]. The van der Waals surface area contributed by atoms with E-state index in [9.17, 15) is 24.8 Å². The summed E-state index contributed by atoms with van der Waals surface area (Å²) in [7, 11) is 0. The number of carbonyl (C=O) groups excluding carboxylic acids is 2. The molecule has 0 aliphatic carbocycles. The molecule has 120 valence electrons. The fourth-order valence-corrected chi connectivity index (χ4v) is 1.73. The number of nitrogens with zero attached hydrogens (tertiary/aromatic N) is 1. The van der Waals surface area contributed by atoms with Crippen molar-refractivity contribution in [1.82, 2.24) is 10.6 Å². The molecule has 9 nitrogen and oxygen atoms in total. The molecule has 23 heavy (non-hydrogen) atoms. The van der Waals surface area contributed by atoms with Crippen molar-refractivity contribution < 1.29 is 24.0 Å². The predicted molar refractivity (Wildman–Crippen MR) is 75.4 cm³/mol. The molecule has 0 aliphatic rings. The van der Waals surface area contributed by atoms with Gasteiger partial charge in [0.25, 0.3) is 11.6 Å². The van der Waals surface area contributed by atoms with Gasteiger partial charge < -0.3 is 20.2 Å². The largest absolute Gasteiger partial charge is 0.872 e. The van der Waals surface area contributed by atoms with Gasteiger partial charge in [-0.25, -0.2) is 0 Å². The lowest BCUT2D eigenvalue weighted by atomic mass is 10.2. The number of benzene rings is 1. The van der Waals surface area contributed by atoms with Gasteiger partial charge in [0, 0.05) is 18.7 Å². The topological polar surface area (TPSA) is 138 Å². The van der Waals surface area contributed by atoms with Gasteiger partial charge in [-0.15, -0.1) is 5.75 Å². The Balaban J connectivity index is 1.86. The van der Waals surface area contributed by atoms with Crippen LogP contribution in [0, 0.1) is 10.1 Å². The molecule has 1 aromatic heterocycles. The molecule has 9 heteroatoms. The molecular formula is C14H12N3O6-. The summed E-state index contributed by atoms with van der Waals surface area (Å²) in [4.78, 5) is 33.2. The Labute approximate surface area is 130 Å². The molecule has 0 saturated heterocycles. The highest BCUT2D eigenvalue weighted by Crippen LogP contribution is 2.20. The Hall–Kier alpha value is -3.36. The lowest BCUT2D eigenvalue weighted by Crippen LogP contribution is -2.36. The first-order valence-electron chi connectivity index (χ1n) is 6.50. The average Bonchev–Trinajstić information content (AvgIpc) is 3.06. The Bertz CT molecular complexity index is 726. The van der Waals surface area contributed by atoms with Crippen LogP contribution in [-0.2, 0) is 11.3 Å². The van der Waals surface area contributed by atoms with Crippen molar-refractivity contribution in [2.24, 2.45) is 0 Å². The van der Waals surface area contributed by atoms with Crippen LogP contribution < -0.4 is 15.7 Å². The molecule has 1 aromatic carbocycles. The number of carbonyl (C=O) groups is 2. The van der Waals surface area contributed by atoms with Crippen molar-refractivity contribution in [1.29, 1.82) is 0 Å². The molecule has 0 aliphatic heterocycles. The maximum Gasteiger partial charge on any atom is 0.287 e. The minimum Gasteiger partial charge on any atom is -0.872 e. The van der Waals surface area contributed by atoms with Crippen LogP contribution in [0.5, 0.6) is 5.75 Å². The van der Waals surface area contributed by atoms with E-state index in [0.717, 1.165) is 18.2 Å². The number of hydrogen-bond acceptors (Lipinski definition) is 6. The van der Waals surface area contributed by atoms with Gasteiger partial charge in [0.2, 0.25) is 5.91 Å². The van der Waals surface area contributed by atoms with Gasteiger partial charge in [0.05, 0.1) is 17.7 Å². The summed E-state index contributed by atoms with van der Waals surface area (Å²) >= 11 is 0. The first-order chi connectivity index (χ1) is 11.0. The smallest absolute Gasteiger partial charge is 0.287 e. The van der Waals surface area contributed by atoms with Crippen molar-refractivity contribution in [2.75, 3.05) is 6.54 Å². The Morgan fingerprint density at radius 3 is 2.65 bits per heavy atom. The normalized spacial score (nSPS) is 10.1. The van der Waals surface area contributed by atoms with Crippen molar-refractivity contribution >= 4 is 17.5 Å². The molecule has 0 spiro atoms. The van der Waals surface area contributed by atoms with E-state index in [1.165, 1.54) is 18.4 Å². The first-order valence-corrected chi connectivity index (χ1v) is 6.50. The van der Waals surface area contributed by atoms with Crippen LogP contribution >= 0.6 is 0 Å². The van der Waals surface area contributed by atoms with E-state index in [1.54, 1.807) is 0 Å². The average molecular weight is 318 g/mol. The van der Waals surface area contributed by atoms with Crippen LogP contribution in [0.3, 0.4) is 0 Å². The van der Waals surface area contributed by atoms with E-state index in [4.69, 9.17) is 4.42 Å². The molecule has 2 N–H and O–H groups in total. The number of non-ortho nitro benzene ring substituents is 1. The molecule has 0 radical (unpaired) electrons. The Kier molecular flexibility index (Phi) is 4.92. The van der Waals surface area contributed by atoms with Crippen LogP contribution in [0.2, 0.25) is 0 Å². The van der Waals surface area contributed by atoms with Crippen LogP contribution in [0.15, 0.2) is 41.0 Å². The monoisotopic (exact) mass is 318 g/mol. The third-order valence-corrected chi connectivity index (χ3v) is 2.89. The second-order valence-corrected chi connectivity index (χ2v) is 4.49. The van der Waals surface area contributed by atoms with Crippen molar-refractivity contribution in [3.8, 4) is 5.75 Å². The van der Waals surface area contributed by atoms with Gasteiger partial charge in [0.1, 0.15) is 0 Å². The van der Waals surface area contributed by atoms with E-state index >= 15 is 0 Å². The highest BCUT2D eigenvalue weighted by molar-refractivity contribution is 5.94. The lowest BCUT2D eigenvalue weighted by molar-refractivity contribution is -0.385. The van der Waals surface area contributed by atoms with Crippen LogP contribution in [-0.4, -0.2) is 23.3 Å². The minimum atomic E-state index is -0.631. The quantitative estimate of drug-likeness (QED) is 0.580. The summed E-state index contributed by atoms with van der Waals surface area (Å²) < 4.78 is 4.86. The van der Waals surface area contributed by atoms with Gasteiger partial charge in [-0.1, -0.05) is 6.07 Å². The van der Waals surface area contributed by atoms with E-state index in [0.29, 0.717) is 0 Å². The number of hydrogen-bond donors (Lipinski definition) is 2. The zero-order valence-electron chi connectivity index (χ0n) is 11.8. The summed E-state index contributed by atoms with van der Waals surface area (Å²) in [6.45, 7) is -0.487. The van der Waals surface area contributed by atoms with Crippen molar-refractivity contribution in [2.45, 2.75) is 6.54 Å². The second-order valence-electron chi connectivity index (χ2n) is 4.49. The maximum atomic E-state index is 11.6. The number of nitrogens with one attached hydrogen (secondary N) is 2. The molecule has 2 rings (SSSR count). The maximum absolute atomic E-state index is 11.6. The fraction of sp³-hybridized carbons (Fsp3) is 0.143. The zero-order valence-corrected chi connectivity index (χ0v) is 11.8. The zero-order chi connectivity index (χ0) is 16.8. The van der Waals surface area contributed by atoms with Crippen LogP contribution in [0.25, 0.3) is 0 Å². The number of nitro benzene ring substituents is 1. The van der Waals surface area contributed by atoms with Gasteiger partial charge in [-0.05, 0) is 17.7 Å². The molecule has 0 fully saturated rings. The van der Waals surface area contributed by atoms with Gasteiger partial charge in [-0.2, -0.15) is 0 Å².